The zero-order valence-corrected chi connectivity index (χ0v) is 13.6. The van der Waals surface area contributed by atoms with Crippen LogP contribution in [0.1, 0.15) is 28.8 Å². The van der Waals surface area contributed by atoms with E-state index in [-0.39, 0.29) is 11.5 Å². The van der Waals surface area contributed by atoms with Crippen LogP contribution in [0.2, 0.25) is 0 Å². The van der Waals surface area contributed by atoms with Gasteiger partial charge in [0.05, 0.1) is 18.8 Å². The summed E-state index contributed by atoms with van der Waals surface area (Å²) in [6.45, 7) is 2.38. The summed E-state index contributed by atoms with van der Waals surface area (Å²) in [6, 6.07) is 3.57. The Hall–Kier alpha value is -2.09. The van der Waals surface area contributed by atoms with Gasteiger partial charge in [-0.1, -0.05) is 0 Å². The summed E-state index contributed by atoms with van der Waals surface area (Å²) in [4.78, 5) is 28.5. The molecule has 3 rings (SSSR count). The van der Waals surface area contributed by atoms with Gasteiger partial charge in [0.15, 0.2) is 0 Å². The lowest BCUT2D eigenvalue weighted by Gasteiger charge is -2.32. The van der Waals surface area contributed by atoms with E-state index in [9.17, 15) is 22.8 Å². The number of carbonyl (C=O) groups is 2. The zero-order chi connectivity index (χ0) is 18.0. The van der Waals surface area contributed by atoms with E-state index in [1.165, 1.54) is 17.0 Å². The van der Waals surface area contributed by atoms with Crippen molar-refractivity contribution in [3.8, 4) is 0 Å². The molecule has 2 amide bonds. The Morgan fingerprint density at radius 1 is 1.04 bits per heavy atom. The van der Waals surface area contributed by atoms with Crippen molar-refractivity contribution in [3.63, 3.8) is 0 Å². The number of hydrogen-bond donors (Lipinski definition) is 0. The number of ether oxygens (including phenoxy) is 1. The molecule has 0 aromatic heterocycles. The van der Waals surface area contributed by atoms with E-state index in [2.05, 4.69) is 0 Å². The Kier molecular flexibility index (Phi) is 4.99. The zero-order valence-electron chi connectivity index (χ0n) is 13.6. The third kappa shape index (κ3) is 3.78. The Bertz CT molecular complexity index is 640. The van der Waals surface area contributed by atoms with E-state index in [4.69, 9.17) is 4.74 Å². The number of carbonyl (C=O) groups excluding carboxylic acids is 2. The molecule has 0 aliphatic carbocycles. The van der Waals surface area contributed by atoms with Crippen molar-refractivity contribution in [2.75, 3.05) is 32.8 Å². The van der Waals surface area contributed by atoms with E-state index < -0.39 is 23.7 Å². The fourth-order valence-electron chi connectivity index (χ4n) is 3.23. The SMILES string of the molecule is O=C([C@@H]1CCCN1C(=O)c1ccc(C(F)(F)F)cc1)N1CCOCC1. The normalized spacial score (nSPS) is 21.5. The van der Waals surface area contributed by atoms with Crippen LogP contribution in [0.15, 0.2) is 24.3 Å². The van der Waals surface area contributed by atoms with Crippen LogP contribution in [-0.2, 0) is 15.7 Å². The molecule has 2 aliphatic rings. The number of hydrogen-bond acceptors (Lipinski definition) is 3. The molecule has 0 unspecified atom stereocenters. The van der Waals surface area contributed by atoms with Gasteiger partial charge in [0.1, 0.15) is 6.04 Å². The Morgan fingerprint density at radius 3 is 2.28 bits per heavy atom. The molecular weight excluding hydrogens is 337 g/mol. The number of amides is 2. The summed E-state index contributed by atoms with van der Waals surface area (Å²) in [5, 5.41) is 0. The molecule has 5 nitrogen and oxygen atoms in total. The van der Waals surface area contributed by atoms with Gasteiger partial charge in [-0.05, 0) is 37.1 Å². The number of alkyl halides is 3. The highest BCUT2D eigenvalue weighted by Gasteiger charge is 2.37. The van der Waals surface area contributed by atoms with Crippen molar-refractivity contribution in [3.05, 3.63) is 35.4 Å². The maximum atomic E-state index is 12.7. The van der Waals surface area contributed by atoms with Gasteiger partial charge in [0.25, 0.3) is 5.91 Å². The third-order valence-electron chi connectivity index (χ3n) is 4.58. The van der Waals surface area contributed by atoms with Gasteiger partial charge in [0.2, 0.25) is 5.91 Å². The predicted molar refractivity (Wildman–Crippen MR) is 82.9 cm³/mol. The van der Waals surface area contributed by atoms with Crippen LogP contribution in [0, 0.1) is 0 Å². The summed E-state index contributed by atoms with van der Waals surface area (Å²) >= 11 is 0. The molecule has 136 valence electrons. The largest absolute Gasteiger partial charge is 0.416 e. The smallest absolute Gasteiger partial charge is 0.378 e. The van der Waals surface area contributed by atoms with Gasteiger partial charge < -0.3 is 14.5 Å². The van der Waals surface area contributed by atoms with Crippen molar-refractivity contribution >= 4 is 11.8 Å². The minimum absolute atomic E-state index is 0.110. The maximum absolute atomic E-state index is 12.7. The second-order valence-corrected chi connectivity index (χ2v) is 6.17. The van der Waals surface area contributed by atoms with E-state index in [0.29, 0.717) is 45.7 Å². The first-order chi connectivity index (χ1) is 11.9. The molecule has 2 saturated heterocycles. The molecule has 2 fully saturated rings. The number of halogens is 3. The number of rotatable bonds is 2. The third-order valence-corrected chi connectivity index (χ3v) is 4.58. The highest BCUT2D eigenvalue weighted by Crippen LogP contribution is 2.30. The van der Waals surface area contributed by atoms with Gasteiger partial charge in [-0.3, -0.25) is 9.59 Å². The molecule has 1 aromatic carbocycles. The van der Waals surface area contributed by atoms with E-state index in [1.54, 1.807) is 4.90 Å². The fraction of sp³-hybridized carbons (Fsp3) is 0.529. The Balaban J connectivity index is 1.73. The van der Waals surface area contributed by atoms with Crippen LogP contribution in [-0.4, -0.2) is 60.5 Å². The van der Waals surface area contributed by atoms with Gasteiger partial charge in [0, 0.05) is 25.2 Å². The van der Waals surface area contributed by atoms with E-state index in [0.717, 1.165) is 12.1 Å². The van der Waals surface area contributed by atoms with Crippen LogP contribution < -0.4 is 0 Å². The fourth-order valence-corrected chi connectivity index (χ4v) is 3.23. The van der Waals surface area contributed by atoms with Crippen molar-refractivity contribution in [2.24, 2.45) is 0 Å². The van der Waals surface area contributed by atoms with Crippen LogP contribution in [0.25, 0.3) is 0 Å². The lowest BCUT2D eigenvalue weighted by atomic mass is 10.1. The number of likely N-dealkylation sites (tertiary alicyclic amines) is 1. The summed E-state index contributed by atoms with van der Waals surface area (Å²) in [5.41, 5.74) is -0.638. The number of benzene rings is 1. The minimum atomic E-state index is -4.44. The second-order valence-electron chi connectivity index (χ2n) is 6.17. The van der Waals surface area contributed by atoms with Crippen molar-refractivity contribution in [1.82, 2.24) is 9.80 Å². The average molecular weight is 356 g/mol. The first-order valence-corrected chi connectivity index (χ1v) is 8.22. The number of morpholine rings is 1. The minimum Gasteiger partial charge on any atom is -0.378 e. The number of nitrogens with zero attached hydrogens (tertiary/aromatic N) is 2. The van der Waals surface area contributed by atoms with Gasteiger partial charge in [-0.2, -0.15) is 13.2 Å². The van der Waals surface area contributed by atoms with Crippen molar-refractivity contribution in [1.29, 1.82) is 0 Å². The van der Waals surface area contributed by atoms with Gasteiger partial charge in [-0.25, -0.2) is 0 Å². The highest BCUT2D eigenvalue weighted by molar-refractivity contribution is 5.98. The molecule has 0 bridgehead atoms. The summed E-state index contributed by atoms with van der Waals surface area (Å²) < 4.78 is 43.1. The Morgan fingerprint density at radius 2 is 1.68 bits per heavy atom. The molecule has 1 aromatic rings. The summed E-state index contributed by atoms with van der Waals surface area (Å²) in [6.07, 6.45) is -3.17. The standard InChI is InChI=1S/C17H19F3N2O3/c18-17(19,20)13-5-3-12(4-6-13)15(23)22-7-1-2-14(22)16(24)21-8-10-25-11-9-21/h3-6,14H,1-2,7-11H2/t14-/m0/s1. The lowest BCUT2D eigenvalue weighted by molar-refractivity contribution is -0.139. The first kappa shape index (κ1) is 17.7. The molecule has 2 heterocycles. The van der Waals surface area contributed by atoms with E-state index in [1.807, 2.05) is 0 Å². The first-order valence-electron chi connectivity index (χ1n) is 8.22. The molecule has 2 aliphatic heterocycles. The van der Waals surface area contributed by atoms with Gasteiger partial charge >= 0.3 is 6.18 Å². The molecule has 0 saturated carbocycles. The molecule has 0 radical (unpaired) electrons. The summed E-state index contributed by atoms with van der Waals surface area (Å²) in [5.74, 6) is -0.515. The second kappa shape index (κ2) is 7.03. The maximum Gasteiger partial charge on any atom is 0.416 e. The monoisotopic (exact) mass is 356 g/mol. The average Bonchev–Trinajstić information content (AvgIpc) is 3.10. The van der Waals surface area contributed by atoms with E-state index >= 15 is 0 Å². The van der Waals surface area contributed by atoms with Crippen LogP contribution in [0.4, 0.5) is 13.2 Å². The molecular formula is C17H19F3N2O3. The van der Waals surface area contributed by atoms with Crippen molar-refractivity contribution < 1.29 is 27.5 Å². The Labute approximate surface area is 143 Å². The molecule has 8 heteroatoms. The molecule has 1 atom stereocenters. The topological polar surface area (TPSA) is 49.9 Å². The lowest BCUT2D eigenvalue weighted by Crippen LogP contribution is -2.51. The van der Waals surface area contributed by atoms with Crippen LogP contribution in [0.5, 0.6) is 0 Å². The molecule has 0 spiro atoms. The van der Waals surface area contributed by atoms with Gasteiger partial charge in [-0.15, -0.1) is 0 Å². The predicted octanol–water partition coefficient (Wildman–Crippen LogP) is 2.17. The molecule has 25 heavy (non-hydrogen) atoms. The summed E-state index contributed by atoms with van der Waals surface area (Å²) in [7, 11) is 0. The van der Waals surface area contributed by atoms with Crippen molar-refractivity contribution in [2.45, 2.75) is 25.1 Å². The highest BCUT2D eigenvalue weighted by atomic mass is 19.4. The van der Waals surface area contributed by atoms with Crippen LogP contribution >= 0.6 is 0 Å². The molecule has 0 N–H and O–H groups in total. The van der Waals surface area contributed by atoms with Crippen LogP contribution in [0.3, 0.4) is 0 Å². The quantitative estimate of drug-likeness (QED) is 0.816.